The maximum atomic E-state index is 13.9. The first-order valence-corrected chi connectivity index (χ1v) is 22.9. The molecular formula is C39H61N11O12S2. The minimum Gasteiger partial charge on any atom is -0.508 e. The van der Waals surface area contributed by atoms with Crippen LogP contribution in [-0.4, -0.2) is 142 Å². The normalized spacial score (nSPS) is 23.3. The van der Waals surface area contributed by atoms with Crippen molar-refractivity contribution in [1.29, 1.82) is 0 Å². The zero-order chi connectivity index (χ0) is 48.3. The molecule has 0 radical (unpaired) electrons. The van der Waals surface area contributed by atoms with E-state index in [0.29, 0.717) is 12.0 Å². The predicted molar refractivity (Wildman–Crippen MR) is 236 cm³/mol. The van der Waals surface area contributed by atoms with Crippen LogP contribution in [0.4, 0.5) is 0 Å². The average molecular weight is 940 g/mol. The molecule has 2 unspecified atom stereocenters. The molecule has 0 aliphatic carbocycles. The third-order valence-electron chi connectivity index (χ3n) is 9.66. The van der Waals surface area contributed by atoms with E-state index in [1.54, 1.807) is 27.7 Å². The summed E-state index contributed by atoms with van der Waals surface area (Å²) >= 11 is 0. The molecule has 0 saturated carbocycles. The number of aliphatic hydroxyl groups excluding tert-OH is 1. The van der Waals surface area contributed by atoms with Crippen molar-refractivity contribution in [3.8, 4) is 5.75 Å². The Morgan fingerprint density at radius 2 is 1.33 bits per heavy atom. The number of primary amides is 2. The quantitative estimate of drug-likeness (QED) is 0.0697. The maximum Gasteiger partial charge on any atom is 0.245 e. The van der Waals surface area contributed by atoms with E-state index in [1.807, 2.05) is 0 Å². The van der Waals surface area contributed by atoms with Crippen LogP contribution >= 0.6 is 21.6 Å². The maximum absolute atomic E-state index is 13.9. The minimum absolute atomic E-state index is 0.0446. The number of aromatic hydroxyl groups is 1. The standard InChI is InChI=1S/C39H61N11O12S2/c1-6-19(4)31-38(61)50-32(20(5)51)39(62)47-26(13-28(41)53)36(59)48-27(35(58)44-15-30(55)45-24(11-18(2)3)34(57)43-14-29(42)54)17-64-63-16-23(40)33(56)46-25(37(60)49-31)12-21-7-9-22(52)10-8-21/h7-10,18-20,23-27,31-32,51-52H,6,11-17,40H2,1-5H3,(H2,41,53)(H2,42,54)(H,43,57)(H,44,58)(H,45,55)(H,46,56)(H,47,62)(H,48,59)(H,49,60)(H,50,61)/t19-,20+,23-,24-,25?,26-,27?,31-,32-/m0/s1. The highest BCUT2D eigenvalue weighted by Gasteiger charge is 2.37. The SMILES string of the molecule is CC[C@H](C)[C@@H]1NC(=O)C(Cc2ccc(O)cc2)NC(=O)[C@@H](N)CSSCC(C(=O)NCC(=O)N[C@@H](CC(C)C)C(=O)NCC(N)=O)NC(=O)[C@H](CC(N)=O)NC(=O)[C@H]([C@@H](C)O)NC1=O. The first-order valence-electron chi connectivity index (χ1n) is 20.4. The lowest BCUT2D eigenvalue weighted by Gasteiger charge is -2.30. The van der Waals surface area contributed by atoms with Crippen LogP contribution in [0.2, 0.25) is 0 Å². The summed E-state index contributed by atoms with van der Waals surface area (Å²) in [7, 11) is 1.97. The number of carbonyl (C=O) groups is 10. The van der Waals surface area contributed by atoms with Crippen molar-refractivity contribution in [3.05, 3.63) is 29.8 Å². The lowest BCUT2D eigenvalue weighted by atomic mass is 9.96. The Labute approximate surface area is 378 Å². The number of nitrogens with two attached hydrogens (primary N) is 3. The third kappa shape index (κ3) is 19.0. The molecule has 16 N–H and O–H groups in total. The molecule has 10 amide bonds. The van der Waals surface area contributed by atoms with Gasteiger partial charge in [-0.05, 0) is 42.9 Å². The van der Waals surface area contributed by atoms with E-state index in [1.165, 1.54) is 31.2 Å². The van der Waals surface area contributed by atoms with Crippen molar-refractivity contribution in [2.75, 3.05) is 24.6 Å². The second-order valence-corrected chi connectivity index (χ2v) is 18.2. The van der Waals surface area contributed by atoms with Gasteiger partial charge in [0.15, 0.2) is 0 Å². The van der Waals surface area contributed by atoms with Gasteiger partial charge in [0.1, 0.15) is 42.0 Å². The number of phenols is 1. The van der Waals surface area contributed by atoms with E-state index in [-0.39, 0.29) is 36.0 Å². The molecule has 23 nitrogen and oxygen atoms in total. The third-order valence-corrected chi connectivity index (χ3v) is 12.1. The van der Waals surface area contributed by atoms with Crippen molar-refractivity contribution in [1.82, 2.24) is 42.5 Å². The molecule has 1 saturated heterocycles. The van der Waals surface area contributed by atoms with Crippen LogP contribution in [0.25, 0.3) is 0 Å². The van der Waals surface area contributed by atoms with E-state index in [9.17, 15) is 58.2 Å². The molecule has 0 bridgehead atoms. The lowest BCUT2D eigenvalue weighted by molar-refractivity contribution is -0.138. The molecule has 1 aromatic rings. The number of amides is 10. The molecule has 64 heavy (non-hydrogen) atoms. The summed E-state index contributed by atoms with van der Waals surface area (Å²) in [5.74, 6) is -10.1. The summed E-state index contributed by atoms with van der Waals surface area (Å²) in [4.78, 5) is 131. The van der Waals surface area contributed by atoms with Gasteiger partial charge in [-0.25, -0.2) is 0 Å². The number of benzene rings is 1. The van der Waals surface area contributed by atoms with Crippen molar-refractivity contribution < 1.29 is 58.2 Å². The second-order valence-electron chi connectivity index (χ2n) is 15.7. The number of carbonyl (C=O) groups excluding carboxylic acids is 10. The van der Waals surface area contributed by atoms with Gasteiger partial charge in [0.05, 0.1) is 31.7 Å². The van der Waals surface area contributed by atoms with Crippen LogP contribution in [0.1, 0.15) is 59.4 Å². The number of phenolic OH excluding ortho intramolecular Hbond substituents is 1. The first-order chi connectivity index (χ1) is 30.0. The fourth-order valence-electron chi connectivity index (χ4n) is 5.94. The van der Waals surface area contributed by atoms with Crippen molar-refractivity contribution in [2.24, 2.45) is 29.0 Å². The number of nitrogens with one attached hydrogen (secondary N) is 8. The molecule has 25 heteroatoms. The van der Waals surface area contributed by atoms with E-state index in [0.717, 1.165) is 21.6 Å². The Morgan fingerprint density at radius 3 is 1.91 bits per heavy atom. The van der Waals surface area contributed by atoms with Crippen LogP contribution in [0.3, 0.4) is 0 Å². The van der Waals surface area contributed by atoms with Crippen LogP contribution in [0, 0.1) is 11.8 Å². The van der Waals surface area contributed by atoms with Gasteiger partial charge < -0.3 is 69.9 Å². The molecule has 2 rings (SSSR count). The molecule has 0 spiro atoms. The average Bonchev–Trinajstić information content (AvgIpc) is 3.22. The summed E-state index contributed by atoms with van der Waals surface area (Å²) in [6.45, 7) is 6.94. The van der Waals surface area contributed by atoms with Crippen LogP contribution in [0.15, 0.2) is 24.3 Å². The predicted octanol–water partition coefficient (Wildman–Crippen LogP) is -4.37. The Morgan fingerprint density at radius 1 is 0.750 bits per heavy atom. The molecule has 356 valence electrons. The van der Waals surface area contributed by atoms with Gasteiger partial charge in [-0.3, -0.25) is 47.9 Å². The number of hydrogen-bond acceptors (Lipinski definition) is 15. The summed E-state index contributed by atoms with van der Waals surface area (Å²) in [6, 6.07) is -4.16. The number of aliphatic hydroxyl groups is 1. The molecule has 1 heterocycles. The van der Waals surface area contributed by atoms with Gasteiger partial charge >= 0.3 is 0 Å². The van der Waals surface area contributed by atoms with Gasteiger partial charge in [-0.15, -0.1) is 0 Å². The fourth-order valence-corrected chi connectivity index (χ4v) is 8.22. The molecule has 9 atom stereocenters. The van der Waals surface area contributed by atoms with Crippen LogP contribution in [-0.2, 0) is 54.4 Å². The summed E-state index contributed by atoms with van der Waals surface area (Å²) in [5.41, 5.74) is 17.3. The molecule has 0 aromatic heterocycles. The lowest BCUT2D eigenvalue weighted by Crippen LogP contribution is -2.63. The van der Waals surface area contributed by atoms with Crippen molar-refractivity contribution >= 4 is 80.7 Å². The smallest absolute Gasteiger partial charge is 0.245 e. The zero-order valence-corrected chi connectivity index (χ0v) is 37.9. The van der Waals surface area contributed by atoms with Crippen molar-refractivity contribution in [2.45, 2.75) is 109 Å². The van der Waals surface area contributed by atoms with E-state index < -0.39 is 133 Å². The Hall–Kier alpha value is -5.66. The van der Waals surface area contributed by atoms with Gasteiger partial charge in [-0.1, -0.05) is 67.8 Å². The second kappa shape index (κ2) is 26.8. The summed E-state index contributed by atoms with van der Waals surface area (Å²) < 4.78 is 0. The largest absolute Gasteiger partial charge is 0.508 e. The monoisotopic (exact) mass is 939 g/mol. The molecule has 1 aromatic carbocycles. The van der Waals surface area contributed by atoms with Crippen molar-refractivity contribution in [3.63, 3.8) is 0 Å². The summed E-state index contributed by atoms with van der Waals surface area (Å²) in [6.07, 6.45) is -2.01. The van der Waals surface area contributed by atoms with Crippen LogP contribution < -0.4 is 59.7 Å². The van der Waals surface area contributed by atoms with E-state index >= 15 is 0 Å². The molecular weight excluding hydrogens is 879 g/mol. The Bertz CT molecular complexity index is 1840. The highest BCUT2D eigenvalue weighted by molar-refractivity contribution is 8.76. The van der Waals surface area contributed by atoms with E-state index in [4.69, 9.17) is 17.2 Å². The van der Waals surface area contributed by atoms with Crippen LogP contribution in [0.5, 0.6) is 5.75 Å². The van der Waals surface area contributed by atoms with E-state index in [2.05, 4.69) is 42.5 Å². The van der Waals surface area contributed by atoms with Gasteiger partial charge in [0.25, 0.3) is 0 Å². The van der Waals surface area contributed by atoms with Gasteiger partial charge in [-0.2, -0.15) is 0 Å². The molecule has 1 aliphatic heterocycles. The zero-order valence-electron chi connectivity index (χ0n) is 36.3. The fraction of sp³-hybridized carbons (Fsp3) is 0.590. The summed E-state index contributed by atoms with van der Waals surface area (Å²) in [5, 5.41) is 40.0. The topological polar surface area (TPSA) is 385 Å². The van der Waals surface area contributed by atoms with Gasteiger partial charge in [0, 0.05) is 17.9 Å². The Kier molecular flexibility index (Phi) is 22.8. The number of rotatable bonds is 16. The molecule has 1 aliphatic rings. The first kappa shape index (κ1) is 54.5. The molecule has 1 fully saturated rings. The minimum atomic E-state index is -1.77. The Balaban J connectivity index is 2.50. The highest BCUT2D eigenvalue weighted by Crippen LogP contribution is 2.23. The van der Waals surface area contributed by atoms with Gasteiger partial charge in [0.2, 0.25) is 59.1 Å². The number of hydrogen-bond donors (Lipinski definition) is 13. The highest BCUT2D eigenvalue weighted by atomic mass is 33.1.